The average molecular weight is 314 g/mol. The van der Waals surface area contributed by atoms with Crippen LogP contribution in [0.25, 0.3) is 0 Å². The summed E-state index contributed by atoms with van der Waals surface area (Å²) in [5.41, 5.74) is 0.997. The molecule has 2 aromatic rings. The minimum absolute atomic E-state index is 0.0227. The largest absolute Gasteiger partial charge is 0.346 e. The predicted octanol–water partition coefficient (Wildman–Crippen LogP) is 1.64. The molecule has 0 unspecified atom stereocenters. The number of benzene rings is 1. The highest BCUT2D eigenvalue weighted by Gasteiger charge is 2.42. The summed E-state index contributed by atoms with van der Waals surface area (Å²) in [7, 11) is 1.52. The third kappa shape index (κ3) is 3.06. The summed E-state index contributed by atoms with van der Waals surface area (Å²) in [5, 5.41) is 6.92. The molecule has 2 N–H and O–H groups in total. The van der Waals surface area contributed by atoms with Crippen LogP contribution in [0.4, 0.5) is 0 Å². The van der Waals surface area contributed by atoms with E-state index in [1.807, 2.05) is 25.1 Å². The second kappa shape index (κ2) is 6.02. The summed E-state index contributed by atoms with van der Waals surface area (Å²) < 4.78 is 1.13. The van der Waals surface area contributed by atoms with Crippen LogP contribution >= 0.6 is 0 Å². The zero-order valence-corrected chi connectivity index (χ0v) is 13.5. The Balaban J connectivity index is 1.71. The Morgan fingerprint density at radius 2 is 2.09 bits per heavy atom. The van der Waals surface area contributed by atoms with Crippen molar-refractivity contribution in [2.24, 2.45) is 12.5 Å². The minimum atomic E-state index is -0.384. The van der Waals surface area contributed by atoms with Gasteiger partial charge in [0.1, 0.15) is 0 Å². The highest BCUT2D eigenvalue weighted by molar-refractivity contribution is 5.90. The van der Waals surface area contributed by atoms with Crippen LogP contribution in [0.1, 0.15) is 42.4 Å². The Hall–Kier alpha value is -2.37. The molecule has 1 aliphatic rings. The normalized spacial score (nSPS) is 17.3. The van der Waals surface area contributed by atoms with Crippen LogP contribution in [-0.4, -0.2) is 26.7 Å². The van der Waals surface area contributed by atoms with E-state index in [1.165, 1.54) is 19.0 Å². The Labute approximate surface area is 134 Å². The maximum Gasteiger partial charge on any atom is 0.343 e. The number of rotatable bonds is 5. The molecule has 1 heterocycles. The number of amides is 1. The van der Waals surface area contributed by atoms with Gasteiger partial charge in [0.05, 0.1) is 0 Å². The van der Waals surface area contributed by atoms with Gasteiger partial charge in [-0.15, -0.1) is 5.10 Å². The van der Waals surface area contributed by atoms with Gasteiger partial charge < -0.3 is 5.32 Å². The Bertz CT molecular complexity index is 743. The molecule has 0 saturated heterocycles. The van der Waals surface area contributed by atoms with Crippen LogP contribution in [-0.2, 0) is 13.5 Å². The van der Waals surface area contributed by atoms with Crippen molar-refractivity contribution in [2.45, 2.75) is 38.6 Å². The molecule has 122 valence electrons. The fourth-order valence-electron chi connectivity index (χ4n) is 3.32. The quantitative estimate of drug-likeness (QED) is 0.880. The second-order valence-corrected chi connectivity index (χ2v) is 6.48. The van der Waals surface area contributed by atoms with E-state index in [0.717, 1.165) is 23.9 Å². The lowest BCUT2D eigenvalue weighted by Crippen LogP contribution is -2.51. The van der Waals surface area contributed by atoms with Crippen molar-refractivity contribution in [2.75, 3.05) is 0 Å². The summed E-state index contributed by atoms with van der Waals surface area (Å²) in [6, 6.07) is 10.4. The summed E-state index contributed by atoms with van der Waals surface area (Å²) in [6.07, 6.45) is 4.34. The van der Waals surface area contributed by atoms with Gasteiger partial charge in [-0.05, 0) is 37.2 Å². The minimum Gasteiger partial charge on any atom is -0.346 e. The zero-order chi connectivity index (χ0) is 16.4. The van der Waals surface area contributed by atoms with E-state index in [-0.39, 0.29) is 28.9 Å². The van der Waals surface area contributed by atoms with Crippen molar-refractivity contribution in [3.63, 3.8) is 0 Å². The first-order chi connectivity index (χ1) is 11.0. The predicted molar refractivity (Wildman–Crippen MR) is 87.2 cm³/mol. The maximum absolute atomic E-state index is 12.3. The first kappa shape index (κ1) is 15.5. The number of aryl methyl sites for hydroxylation is 1. The zero-order valence-electron chi connectivity index (χ0n) is 13.5. The van der Waals surface area contributed by atoms with Crippen molar-refractivity contribution in [3.05, 3.63) is 52.2 Å². The van der Waals surface area contributed by atoms with E-state index in [0.29, 0.717) is 0 Å². The van der Waals surface area contributed by atoms with Gasteiger partial charge in [0.2, 0.25) is 5.82 Å². The van der Waals surface area contributed by atoms with E-state index in [2.05, 4.69) is 27.5 Å². The molecule has 6 nitrogen and oxygen atoms in total. The standard InChI is InChI=1S/C17H22N4O2/c1-12(18-15(22)14-19-16(23)21(2)20-14)17(9-6-10-17)11-13-7-4-3-5-8-13/h3-5,7-8,12H,6,9-11H2,1-2H3,(H,18,22)(H,19,20,23)/t12-/m0/s1. The molecule has 1 aromatic heterocycles. The van der Waals surface area contributed by atoms with E-state index in [4.69, 9.17) is 0 Å². The summed E-state index contributed by atoms with van der Waals surface area (Å²) in [4.78, 5) is 26.2. The topological polar surface area (TPSA) is 79.8 Å². The summed E-state index contributed by atoms with van der Waals surface area (Å²) >= 11 is 0. The SMILES string of the molecule is C[C@H](NC(=O)c1nn(C)c(=O)[nH]1)C1(Cc2ccccc2)CCC1. The van der Waals surface area contributed by atoms with Crippen LogP contribution < -0.4 is 11.0 Å². The lowest BCUT2D eigenvalue weighted by atomic mass is 9.61. The second-order valence-electron chi connectivity index (χ2n) is 6.48. The molecule has 1 fully saturated rings. The molecule has 1 atom stereocenters. The molecule has 0 spiro atoms. The van der Waals surface area contributed by atoms with Gasteiger partial charge >= 0.3 is 5.69 Å². The highest BCUT2D eigenvalue weighted by Crippen LogP contribution is 2.46. The Morgan fingerprint density at radius 1 is 1.39 bits per heavy atom. The number of H-pyrrole nitrogens is 1. The number of carbonyl (C=O) groups is 1. The van der Waals surface area contributed by atoms with Gasteiger partial charge in [-0.2, -0.15) is 0 Å². The van der Waals surface area contributed by atoms with Gasteiger partial charge in [-0.3, -0.25) is 9.78 Å². The van der Waals surface area contributed by atoms with Crippen LogP contribution in [0, 0.1) is 5.41 Å². The number of nitrogens with zero attached hydrogens (tertiary/aromatic N) is 2. The third-order valence-corrected chi connectivity index (χ3v) is 5.00. The van der Waals surface area contributed by atoms with Crippen LogP contribution in [0.3, 0.4) is 0 Å². The van der Waals surface area contributed by atoms with Crippen molar-refractivity contribution < 1.29 is 4.79 Å². The van der Waals surface area contributed by atoms with Crippen molar-refractivity contribution in [1.29, 1.82) is 0 Å². The summed E-state index contributed by atoms with van der Waals surface area (Å²) in [5.74, 6) is -0.256. The monoisotopic (exact) mass is 314 g/mol. The van der Waals surface area contributed by atoms with E-state index < -0.39 is 0 Å². The molecule has 1 amide bonds. The molecule has 6 heteroatoms. The van der Waals surface area contributed by atoms with Gasteiger partial charge in [0.25, 0.3) is 5.91 Å². The molecule has 1 aliphatic carbocycles. The molecule has 0 aliphatic heterocycles. The van der Waals surface area contributed by atoms with Crippen LogP contribution in [0.5, 0.6) is 0 Å². The fraction of sp³-hybridized carbons (Fsp3) is 0.471. The molecular weight excluding hydrogens is 292 g/mol. The van der Waals surface area contributed by atoms with Crippen molar-refractivity contribution in [3.8, 4) is 0 Å². The lowest BCUT2D eigenvalue weighted by molar-refractivity contribution is 0.0660. The number of hydrogen-bond acceptors (Lipinski definition) is 3. The van der Waals surface area contributed by atoms with Gasteiger partial charge in [-0.25, -0.2) is 9.48 Å². The third-order valence-electron chi connectivity index (χ3n) is 5.00. The van der Waals surface area contributed by atoms with Gasteiger partial charge in [-0.1, -0.05) is 36.8 Å². The number of nitrogens with one attached hydrogen (secondary N) is 2. The first-order valence-corrected chi connectivity index (χ1v) is 7.98. The number of aromatic amines is 1. The average Bonchev–Trinajstić information content (AvgIpc) is 2.83. The molecule has 0 radical (unpaired) electrons. The van der Waals surface area contributed by atoms with E-state index in [1.54, 1.807) is 0 Å². The molecule has 3 rings (SSSR count). The fourth-order valence-corrected chi connectivity index (χ4v) is 3.32. The van der Waals surface area contributed by atoms with Crippen LogP contribution in [0.15, 0.2) is 35.1 Å². The van der Waals surface area contributed by atoms with Crippen molar-refractivity contribution >= 4 is 5.91 Å². The number of hydrogen-bond donors (Lipinski definition) is 2. The maximum atomic E-state index is 12.3. The Morgan fingerprint density at radius 3 is 2.61 bits per heavy atom. The molecule has 1 saturated carbocycles. The molecular formula is C17H22N4O2. The Kier molecular flexibility index (Phi) is 4.07. The molecule has 1 aromatic carbocycles. The van der Waals surface area contributed by atoms with Crippen molar-refractivity contribution in [1.82, 2.24) is 20.1 Å². The smallest absolute Gasteiger partial charge is 0.343 e. The number of carbonyl (C=O) groups excluding carboxylic acids is 1. The molecule has 23 heavy (non-hydrogen) atoms. The molecule has 0 bridgehead atoms. The lowest BCUT2D eigenvalue weighted by Gasteiger charge is -2.47. The van der Waals surface area contributed by atoms with E-state index in [9.17, 15) is 9.59 Å². The van der Waals surface area contributed by atoms with Gasteiger partial charge in [0.15, 0.2) is 0 Å². The van der Waals surface area contributed by atoms with Crippen LogP contribution in [0.2, 0.25) is 0 Å². The van der Waals surface area contributed by atoms with Gasteiger partial charge in [0, 0.05) is 13.1 Å². The number of aromatic nitrogens is 3. The summed E-state index contributed by atoms with van der Waals surface area (Å²) in [6.45, 7) is 2.04. The first-order valence-electron chi connectivity index (χ1n) is 7.98. The van der Waals surface area contributed by atoms with E-state index >= 15 is 0 Å². The highest BCUT2D eigenvalue weighted by atomic mass is 16.2.